The summed E-state index contributed by atoms with van der Waals surface area (Å²) in [6, 6.07) is 38.6. The van der Waals surface area contributed by atoms with E-state index in [2.05, 4.69) is 46.4 Å². The van der Waals surface area contributed by atoms with Crippen LogP contribution in [-0.4, -0.2) is 9.97 Å². The first-order valence-corrected chi connectivity index (χ1v) is 12.4. The number of aryl methyl sites for hydroxylation is 3. The van der Waals surface area contributed by atoms with E-state index in [9.17, 15) is 0 Å². The molecule has 5 aromatic carbocycles. The Morgan fingerprint density at radius 2 is 1.23 bits per heavy atom. The molecule has 0 spiro atoms. The van der Waals surface area contributed by atoms with Crippen molar-refractivity contribution in [3.8, 4) is 22.5 Å². The molecule has 2 aromatic heterocycles. The molecule has 0 N–H and O–H groups in total. The van der Waals surface area contributed by atoms with Crippen LogP contribution in [0.3, 0.4) is 0 Å². The molecule has 0 amide bonds. The van der Waals surface area contributed by atoms with E-state index in [0.29, 0.717) is 11.3 Å². The molecule has 0 aliphatic carbocycles. The second kappa shape index (κ2) is 11.9. The number of pyridine rings is 2. The van der Waals surface area contributed by atoms with Gasteiger partial charge >= 0.3 is 0 Å². The van der Waals surface area contributed by atoms with Crippen LogP contribution in [0.4, 0.5) is 0 Å². The Balaban J connectivity index is 0.000000233. The van der Waals surface area contributed by atoms with Crippen molar-refractivity contribution in [3.63, 3.8) is 0 Å². The average Bonchev–Trinajstić information content (AvgIpc) is 3.07. The standard InChI is InChI=1S/C25H18N.C12H10N.Ir/c1-16-13-25(26-15-17(16)2)18-11-12-23-21-9-4-3-7-19(21)20-8-5-6-10-22(20)24(23)14-18;1-10-7-8-12(13-9-10)11-5-3-2-4-6-11;/h3-10,12-15H,1-2H3;2-5,7-9H,1H3;/q2*-1;/i1D3,2D3;1D3;. The van der Waals surface area contributed by atoms with Crippen LogP contribution in [0.15, 0.2) is 116 Å². The minimum Gasteiger partial charge on any atom is -0.304 e. The molecule has 3 heteroatoms. The summed E-state index contributed by atoms with van der Waals surface area (Å²) in [5.74, 6) is 0. The molecule has 40 heavy (non-hydrogen) atoms. The molecule has 0 atom stereocenters. The van der Waals surface area contributed by atoms with Crippen molar-refractivity contribution in [1.82, 2.24) is 9.97 Å². The molecule has 2 heterocycles. The molecular formula is C37H28IrN2-2. The van der Waals surface area contributed by atoms with E-state index < -0.39 is 20.6 Å². The monoisotopic (exact) mass is 702 g/mol. The Hall–Kier alpha value is -4.17. The van der Waals surface area contributed by atoms with Crippen LogP contribution in [0, 0.1) is 32.7 Å². The second-order valence-corrected chi connectivity index (χ2v) is 9.09. The van der Waals surface area contributed by atoms with Crippen molar-refractivity contribution in [2.45, 2.75) is 20.6 Å². The van der Waals surface area contributed by atoms with Crippen LogP contribution in [0.1, 0.15) is 29.0 Å². The normalized spacial score (nSPS) is 14.9. The van der Waals surface area contributed by atoms with Crippen molar-refractivity contribution in [2.75, 3.05) is 0 Å². The molecule has 0 bridgehead atoms. The summed E-state index contributed by atoms with van der Waals surface area (Å²) < 4.78 is 68.2. The predicted octanol–water partition coefficient (Wildman–Crippen LogP) is 9.48. The van der Waals surface area contributed by atoms with Crippen LogP contribution in [0.2, 0.25) is 0 Å². The summed E-state index contributed by atoms with van der Waals surface area (Å²) in [6.45, 7) is -7.22. The maximum atomic E-state index is 7.83. The number of rotatable bonds is 2. The maximum absolute atomic E-state index is 7.83. The van der Waals surface area contributed by atoms with Gasteiger partial charge in [0.1, 0.15) is 0 Å². The Labute approximate surface area is 261 Å². The number of aromatic nitrogens is 2. The van der Waals surface area contributed by atoms with Crippen molar-refractivity contribution in [3.05, 3.63) is 144 Å². The van der Waals surface area contributed by atoms with Gasteiger partial charge in [0.25, 0.3) is 0 Å². The smallest absolute Gasteiger partial charge is 0.0280 e. The molecule has 0 saturated carbocycles. The van der Waals surface area contributed by atoms with Gasteiger partial charge in [-0.1, -0.05) is 88.5 Å². The summed E-state index contributed by atoms with van der Waals surface area (Å²) in [7, 11) is 0. The van der Waals surface area contributed by atoms with Crippen molar-refractivity contribution < 1.29 is 32.4 Å². The first-order valence-electron chi connectivity index (χ1n) is 16.9. The topological polar surface area (TPSA) is 25.8 Å². The van der Waals surface area contributed by atoms with E-state index in [1.807, 2.05) is 54.6 Å². The molecule has 0 unspecified atom stereocenters. The van der Waals surface area contributed by atoms with Gasteiger partial charge in [-0.2, -0.15) is 0 Å². The zero-order chi connectivity index (χ0) is 34.3. The minimum atomic E-state index is -2.57. The Morgan fingerprint density at radius 3 is 1.85 bits per heavy atom. The molecule has 7 rings (SSSR count). The molecule has 2 nitrogen and oxygen atoms in total. The number of nitrogens with zero attached hydrogens (tertiary/aromatic N) is 2. The Morgan fingerprint density at radius 1 is 0.550 bits per heavy atom. The number of fused-ring (bicyclic) bond motifs is 6. The van der Waals surface area contributed by atoms with Gasteiger partial charge in [-0.25, -0.2) is 0 Å². The summed E-state index contributed by atoms with van der Waals surface area (Å²) in [4.78, 5) is 8.42. The fourth-order valence-electron chi connectivity index (χ4n) is 4.70. The average molecular weight is 702 g/mol. The maximum Gasteiger partial charge on any atom is 0.0280 e. The number of hydrogen-bond acceptors (Lipinski definition) is 2. The van der Waals surface area contributed by atoms with Crippen molar-refractivity contribution in [2.24, 2.45) is 0 Å². The van der Waals surface area contributed by atoms with Crippen LogP contribution < -0.4 is 0 Å². The molecule has 0 saturated heterocycles. The third-order valence-corrected chi connectivity index (χ3v) is 6.60. The summed E-state index contributed by atoms with van der Waals surface area (Å²) >= 11 is 0. The van der Waals surface area contributed by atoms with Crippen molar-refractivity contribution in [1.29, 1.82) is 0 Å². The van der Waals surface area contributed by atoms with Crippen LogP contribution >= 0.6 is 0 Å². The first-order chi connectivity index (χ1) is 22.7. The third-order valence-electron chi connectivity index (χ3n) is 6.60. The van der Waals surface area contributed by atoms with Crippen LogP contribution in [0.25, 0.3) is 54.8 Å². The minimum absolute atomic E-state index is 0. The van der Waals surface area contributed by atoms with E-state index in [0.717, 1.165) is 49.8 Å². The molecule has 197 valence electrons. The fourth-order valence-corrected chi connectivity index (χ4v) is 4.70. The fraction of sp³-hybridized carbons (Fsp3) is 0.0811. The number of hydrogen-bond donors (Lipinski definition) is 0. The summed E-state index contributed by atoms with van der Waals surface area (Å²) in [5, 5.41) is 6.51. The molecule has 0 fully saturated rings. The van der Waals surface area contributed by atoms with Gasteiger partial charge in [0, 0.05) is 44.8 Å². The molecule has 0 aliphatic rings. The van der Waals surface area contributed by atoms with Crippen molar-refractivity contribution >= 4 is 32.3 Å². The van der Waals surface area contributed by atoms with Gasteiger partial charge in [-0.15, -0.1) is 59.7 Å². The quantitative estimate of drug-likeness (QED) is 0.133. The van der Waals surface area contributed by atoms with Gasteiger partial charge in [0.05, 0.1) is 0 Å². The molecule has 0 aliphatic heterocycles. The molecular weight excluding hydrogens is 665 g/mol. The predicted molar refractivity (Wildman–Crippen MR) is 164 cm³/mol. The summed E-state index contributed by atoms with van der Waals surface area (Å²) in [6.07, 6.45) is 2.55. The van der Waals surface area contributed by atoms with Gasteiger partial charge in [0.15, 0.2) is 0 Å². The zero-order valence-corrected chi connectivity index (χ0v) is 23.6. The first kappa shape index (κ1) is 18.2. The van der Waals surface area contributed by atoms with Gasteiger partial charge < -0.3 is 9.97 Å². The Bertz CT molecular complexity index is 2210. The second-order valence-electron chi connectivity index (χ2n) is 9.09. The van der Waals surface area contributed by atoms with Gasteiger partial charge in [0.2, 0.25) is 0 Å². The zero-order valence-electron chi connectivity index (χ0n) is 30.2. The van der Waals surface area contributed by atoms with Gasteiger partial charge in [-0.3, -0.25) is 0 Å². The van der Waals surface area contributed by atoms with E-state index >= 15 is 0 Å². The molecule has 1 radical (unpaired) electrons. The van der Waals surface area contributed by atoms with E-state index in [1.54, 1.807) is 18.2 Å². The number of benzene rings is 5. The Kier molecular flexibility index (Phi) is 5.43. The van der Waals surface area contributed by atoms with E-state index in [-0.39, 0.29) is 36.8 Å². The molecule has 7 aromatic rings. The third kappa shape index (κ3) is 5.45. The van der Waals surface area contributed by atoms with E-state index in [4.69, 9.17) is 12.3 Å². The van der Waals surface area contributed by atoms with Crippen LogP contribution in [0.5, 0.6) is 0 Å². The largest absolute Gasteiger partial charge is 0.304 e. The van der Waals surface area contributed by atoms with Gasteiger partial charge in [-0.05, 0) is 59.2 Å². The van der Waals surface area contributed by atoms with Crippen LogP contribution in [-0.2, 0) is 20.1 Å². The summed E-state index contributed by atoms with van der Waals surface area (Å²) in [5.41, 5.74) is 2.38. The SMILES string of the molecule is [2H]C([2H])([2H])c1ccc(-c2[c-]cccc2)nc1.[2H]C([2H])([2H])c1cnc(-c2[c-]cc3c4ccccc4c4ccccc4c3c2)cc1C([2H])([2H])[2H].[Ir]. The van der Waals surface area contributed by atoms with E-state index in [1.165, 1.54) is 12.3 Å².